The quantitative estimate of drug-likeness (QED) is 0.797. The maximum Gasteiger partial charge on any atom is 0.322 e. The van der Waals surface area contributed by atoms with E-state index in [9.17, 15) is 13.2 Å². The van der Waals surface area contributed by atoms with Crippen LogP contribution < -0.4 is 14.8 Å². The molecule has 2 amide bonds. The van der Waals surface area contributed by atoms with Gasteiger partial charge in [-0.3, -0.25) is 4.72 Å². The maximum atomic E-state index is 12.4. The van der Waals surface area contributed by atoms with Crippen molar-refractivity contribution in [1.82, 2.24) is 9.88 Å². The standard InChI is InChI=1S/C15H20N4O4S2/c1-10(14-16-7-8-24-14)19(2)15(20)17-11-5-6-13(23-3)12(9-11)18-25(4,21)22/h5-10,18H,1-4H3,(H,17,20)/t10-/m1/s1. The van der Waals surface area contributed by atoms with Crippen molar-refractivity contribution >= 4 is 38.8 Å². The zero-order valence-corrected chi connectivity index (χ0v) is 15.9. The molecule has 0 aliphatic rings. The van der Waals surface area contributed by atoms with E-state index in [1.807, 2.05) is 12.3 Å². The number of hydrogen-bond acceptors (Lipinski definition) is 6. The SMILES string of the molecule is COc1ccc(NC(=O)N(C)[C@H](C)c2nccs2)cc1NS(C)(=O)=O. The highest BCUT2D eigenvalue weighted by molar-refractivity contribution is 7.92. The second-order valence-electron chi connectivity index (χ2n) is 5.38. The van der Waals surface area contributed by atoms with Crippen LogP contribution in [0.5, 0.6) is 5.75 Å². The summed E-state index contributed by atoms with van der Waals surface area (Å²) in [5, 5.41) is 5.41. The molecule has 0 spiro atoms. The van der Waals surface area contributed by atoms with Crippen LogP contribution in [0, 0.1) is 0 Å². The molecule has 1 atom stereocenters. The normalized spacial score (nSPS) is 12.3. The van der Waals surface area contributed by atoms with Gasteiger partial charge in [-0.1, -0.05) is 0 Å². The summed E-state index contributed by atoms with van der Waals surface area (Å²) in [5.41, 5.74) is 0.688. The van der Waals surface area contributed by atoms with Gasteiger partial charge < -0.3 is 15.0 Å². The summed E-state index contributed by atoms with van der Waals surface area (Å²) in [6.07, 6.45) is 2.73. The van der Waals surface area contributed by atoms with Crippen LogP contribution >= 0.6 is 11.3 Å². The smallest absolute Gasteiger partial charge is 0.322 e. The summed E-state index contributed by atoms with van der Waals surface area (Å²) in [7, 11) is -0.372. The topological polar surface area (TPSA) is 101 Å². The maximum absolute atomic E-state index is 12.4. The van der Waals surface area contributed by atoms with Crippen LogP contribution in [0.1, 0.15) is 18.0 Å². The Morgan fingerprint density at radius 3 is 2.68 bits per heavy atom. The predicted molar refractivity (Wildman–Crippen MR) is 98.8 cm³/mol. The van der Waals surface area contributed by atoms with Gasteiger partial charge in [0.05, 0.1) is 25.1 Å². The van der Waals surface area contributed by atoms with Gasteiger partial charge in [0.2, 0.25) is 10.0 Å². The summed E-state index contributed by atoms with van der Waals surface area (Å²) in [6, 6.07) is 4.18. The number of aromatic nitrogens is 1. The molecular weight excluding hydrogens is 364 g/mol. The number of rotatable bonds is 6. The van der Waals surface area contributed by atoms with Crippen LogP contribution in [0.25, 0.3) is 0 Å². The van der Waals surface area contributed by atoms with Gasteiger partial charge in [-0.25, -0.2) is 18.2 Å². The number of thiazole rings is 1. The van der Waals surface area contributed by atoms with E-state index in [-0.39, 0.29) is 17.8 Å². The van der Waals surface area contributed by atoms with Crippen LogP contribution in [-0.2, 0) is 10.0 Å². The Morgan fingerprint density at radius 1 is 1.40 bits per heavy atom. The molecular formula is C15H20N4O4S2. The number of ether oxygens (including phenoxy) is 1. The predicted octanol–water partition coefficient (Wildman–Crippen LogP) is 2.75. The van der Waals surface area contributed by atoms with E-state index >= 15 is 0 Å². The Labute approximate surface area is 150 Å². The number of methoxy groups -OCH3 is 1. The van der Waals surface area contributed by atoms with Gasteiger partial charge in [0, 0.05) is 24.3 Å². The van der Waals surface area contributed by atoms with E-state index in [4.69, 9.17) is 4.74 Å². The fraction of sp³-hybridized carbons (Fsp3) is 0.333. The Kier molecular flexibility index (Phi) is 5.85. The molecule has 2 rings (SSSR count). The summed E-state index contributed by atoms with van der Waals surface area (Å²) in [5.74, 6) is 0.355. The number of benzene rings is 1. The average Bonchev–Trinajstić information content (AvgIpc) is 3.06. The highest BCUT2D eigenvalue weighted by atomic mass is 32.2. The third kappa shape index (κ3) is 5.07. The van der Waals surface area contributed by atoms with Gasteiger partial charge in [-0.2, -0.15) is 0 Å². The second kappa shape index (κ2) is 7.70. The number of nitrogens with zero attached hydrogens (tertiary/aromatic N) is 2. The fourth-order valence-electron chi connectivity index (χ4n) is 2.06. The number of amides is 2. The minimum Gasteiger partial charge on any atom is -0.495 e. The minimum absolute atomic E-state index is 0.188. The molecule has 1 aromatic carbocycles. The van der Waals surface area contributed by atoms with Crippen molar-refractivity contribution in [3.63, 3.8) is 0 Å². The van der Waals surface area contributed by atoms with Crippen LogP contribution in [0.15, 0.2) is 29.8 Å². The van der Waals surface area contributed by atoms with Gasteiger partial charge in [-0.15, -0.1) is 11.3 Å². The molecule has 1 heterocycles. The van der Waals surface area contributed by atoms with Crippen molar-refractivity contribution in [3.8, 4) is 5.75 Å². The van der Waals surface area contributed by atoms with E-state index in [0.29, 0.717) is 11.4 Å². The molecule has 25 heavy (non-hydrogen) atoms. The van der Waals surface area contributed by atoms with Crippen molar-refractivity contribution in [2.24, 2.45) is 0 Å². The zero-order valence-electron chi connectivity index (χ0n) is 14.3. The van der Waals surface area contributed by atoms with Crippen molar-refractivity contribution in [2.45, 2.75) is 13.0 Å². The number of nitrogens with one attached hydrogen (secondary N) is 2. The molecule has 0 fully saturated rings. The molecule has 2 aromatic rings. The Bertz CT molecular complexity index is 837. The first-order valence-corrected chi connectivity index (χ1v) is 10.1. The molecule has 0 saturated carbocycles. The first-order valence-electron chi connectivity index (χ1n) is 7.30. The monoisotopic (exact) mass is 384 g/mol. The van der Waals surface area contributed by atoms with Crippen molar-refractivity contribution < 1.29 is 17.9 Å². The first-order chi connectivity index (χ1) is 11.7. The summed E-state index contributed by atoms with van der Waals surface area (Å²) >= 11 is 1.47. The highest BCUT2D eigenvalue weighted by Gasteiger charge is 2.20. The molecule has 0 aliphatic heterocycles. The Morgan fingerprint density at radius 2 is 2.12 bits per heavy atom. The van der Waals surface area contributed by atoms with E-state index in [2.05, 4.69) is 15.0 Å². The Hall–Kier alpha value is -2.33. The molecule has 8 nitrogen and oxygen atoms in total. The van der Waals surface area contributed by atoms with E-state index in [1.165, 1.54) is 29.4 Å². The number of hydrogen-bond donors (Lipinski definition) is 2. The summed E-state index contributed by atoms with van der Waals surface area (Å²) in [4.78, 5) is 18.1. The highest BCUT2D eigenvalue weighted by Crippen LogP contribution is 2.29. The molecule has 0 unspecified atom stereocenters. The number of anilines is 2. The van der Waals surface area contributed by atoms with Crippen molar-refractivity contribution in [2.75, 3.05) is 30.5 Å². The number of carbonyl (C=O) groups excluding carboxylic acids is 1. The van der Waals surface area contributed by atoms with Gasteiger partial charge in [0.1, 0.15) is 10.8 Å². The minimum atomic E-state index is -3.47. The average molecular weight is 384 g/mol. The lowest BCUT2D eigenvalue weighted by molar-refractivity contribution is 0.208. The summed E-state index contributed by atoms with van der Waals surface area (Å²) in [6.45, 7) is 1.88. The third-order valence-electron chi connectivity index (χ3n) is 3.46. The number of carbonyl (C=O) groups is 1. The Balaban J connectivity index is 2.16. The third-order valence-corrected chi connectivity index (χ3v) is 4.99. The lowest BCUT2D eigenvalue weighted by Gasteiger charge is -2.23. The van der Waals surface area contributed by atoms with Crippen LogP contribution in [0.4, 0.5) is 16.2 Å². The molecule has 1 aromatic heterocycles. The molecule has 10 heteroatoms. The van der Waals surface area contributed by atoms with Crippen molar-refractivity contribution in [3.05, 3.63) is 34.8 Å². The molecule has 2 N–H and O–H groups in total. The van der Waals surface area contributed by atoms with Gasteiger partial charge >= 0.3 is 6.03 Å². The number of sulfonamides is 1. The zero-order chi connectivity index (χ0) is 18.6. The molecule has 0 aliphatic carbocycles. The van der Waals surface area contributed by atoms with Crippen molar-refractivity contribution in [1.29, 1.82) is 0 Å². The van der Waals surface area contributed by atoms with Gasteiger partial charge in [0.25, 0.3) is 0 Å². The second-order valence-corrected chi connectivity index (χ2v) is 8.05. The van der Waals surface area contributed by atoms with E-state index in [0.717, 1.165) is 11.3 Å². The lowest BCUT2D eigenvalue weighted by Crippen LogP contribution is -2.33. The number of urea groups is 1. The largest absolute Gasteiger partial charge is 0.495 e. The molecule has 0 radical (unpaired) electrons. The van der Waals surface area contributed by atoms with Crippen LogP contribution in [0.3, 0.4) is 0 Å². The lowest BCUT2D eigenvalue weighted by atomic mass is 10.2. The first kappa shape index (κ1) is 19.0. The van der Waals surface area contributed by atoms with Crippen LogP contribution in [-0.4, -0.2) is 44.7 Å². The molecule has 0 saturated heterocycles. The van der Waals surface area contributed by atoms with E-state index < -0.39 is 10.0 Å². The molecule has 0 bridgehead atoms. The van der Waals surface area contributed by atoms with Gasteiger partial charge in [-0.05, 0) is 25.1 Å². The fourth-order valence-corrected chi connectivity index (χ4v) is 3.36. The molecule has 136 valence electrons. The van der Waals surface area contributed by atoms with Gasteiger partial charge in [0.15, 0.2) is 0 Å². The van der Waals surface area contributed by atoms with E-state index in [1.54, 1.807) is 25.4 Å². The van der Waals surface area contributed by atoms with Crippen LogP contribution in [0.2, 0.25) is 0 Å². The summed E-state index contributed by atoms with van der Waals surface area (Å²) < 4.78 is 30.4.